The number of benzene rings is 1. The fourth-order valence-electron chi connectivity index (χ4n) is 3.64. The van der Waals surface area contributed by atoms with E-state index in [1.807, 2.05) is 0 Å². The van der Waals surface area contributed by atoms with Crippen LogP contribution in [0.5, 0.6) is 0 Å². The predicted molar refractivity (Wildman–Crippen MR) is 106 cm³/mol. The van der Waals surface area contributed by atoms with Crippen LogP contribution in [0.3, 0.4) is 0 Å². The van der Waals surface area contributed by atoms with Crippen LogP contribution < -0.4 is 11.2 Å². The highest BCUT2D eigenvalue weighted by Crippen LogP contribution is 2.18. The standard InChI is InChI=1S/C19H24N4O6/c1-2-29-17(24)13-22-18(25)15-12-14(23(27)28)6-7-16(15)21(19(22)26)11-10-20-8-4-3-5-9-20/h6-7,12H,2-5,8-11,13H2,1H3. The summed E-state index contributed by atoms with van der Waals surface area (Å²) in [7, 11) is 0. The van der Waals surface area contributed by atoms with Crippen molar-refractivity contribution in [3.05, 3.63) is 49.2 Å². The maximum Gasteiger partial charge on any atom is 0.332 e. The molecule has 0 bridgehead atoms. The van der Waals surface area contributed by atoms with Crippen molar-refractivity contribution in [1.82, 2.24) is 14.0 Å². The van der Waals surface area contributed by atoms with Gasteiger partial charge in [-0.3, -0.25) is 24.3 Å². The summed E-state index contributed by atoms with van der Waals surface area (Å²) in [6, 6.07) is 3.84. The van der Waals surface area contributed by atoms with E-state index in [9.17, 15) is 24.5 Å². The Balaban J connectivity index is 2.08. The van der Waals surface area contributed by atoms with Crippen LogP contribution in [-0.4, -0.2) is 51.2 Å². The first-order chi connectivity index (χ1) is 13.9. The zero-order valence-corrected chi connectivity index (χ0v) is 16.3. The number of hydrogen-bond acceptors (Lipinski definition) is 7. The molecule has 0 N–H and O–H groups in total. The quantitative estimate of drug-likeness (QED) is 0.386. The molecule has 2 heterocycles. The van der Waals surface area contributed by atoms with Crippen molar-refractivity contribution in [1.29, 1.82) is 0 Å². The van der Waals surface area contributed by atoms with Gasteiger partial charge in [-0.05, 0) is 38.9 Å². The number of non-ortho nitro benzene ring substituents is 1. The lowest BCUT2D eigenvalue weighted by atomic mass is 10.1. The number of nitrogens with zero attached hydrogens (tertiary/aromatic N) is 4. The minimum atomic E-state index is -0.740. The molecule has 29 heavy (non-hydrogen) atoms. The molecule has 0 radical (unpaired) electrons. The molecule has 156 valence electrons. The van der Waals surface area contributed by atoms with Gasteiger partial charge in [-0.15, -0.1) is 0 Å². The summed E-state index contributed by atoms with van der Waals surface area (Å²) in [5, 5.41) is 11.2. The third kappa shape index (κ3) is 4.53. The maximum atomic E-state index is 13.0. The Hall–Kier alpha value is -3.01. The topological polar surface area (TPSA) is 117 Å². The lowest BCUT2D eigenvalue weighted by molar-refractivity contribution is -0.384. The number of nitro benzene ring substituents is 1. The Kier molecular flexibility index (Phi) is 6.42. The zero-order chi connectivity index (χ0) is 21.0. The third-order valence-electron chi connectivity index (χ3n) is 5.10. The van der Waals surface area contributed by atoms with E-state index in [-0.39, 0.29) is 17.7 Å². The molecule has 1 aromatic heterocycles. The molecule has 0 amide bonds. The van der Waals surface area contributed by atoms with Gasteiger partial charge in [-0.1, -0.05) is 6.42 Å². The number of likely N-dealkylation sites (tertiary alicyclic amines) is 1. The van der Waals surface area contributed by atoms with Gasteiger partial charge in [-0.2, -0.15) is 0 Å². The molecule has 1 aliphatic heterocycles. The van der Waals surface area contributed by atoms with Gasteiger partial charge in [0, 0.05) is 25.2 Å². The summed E-state index contributed by atoms with van der Waals surface area (Å²) in [6.45, 7) is 4.03. The van der Waals surface area contributed by atoms with Crippen molar-refractivity contribution in [2.45, 2.75) is 39.3 Å². The van der Waals surface area contributed by atoms with E-state index in [0.29, 0.717) is 18.6 Å². The lowest BCUT2D eigenvalue weighted by Gasteiger charge is -2.26. The molecule has 1 fully saturated rings. The summed E-state index contributed by atoms with van der Waals surface area (Å²) >= 11 is 0. The van der Waals surface area contributed by atoms with E-state index in [1.165, 1.54) is 23.1 Å². The number of rotatable bonds is 7. The number of fused-ring (bicyclic) bond motifs is 1. The Morgan fingerprint density at radius 2 is 1.86 bits per heavy atom. The molecule has 0 saturated carbocycles. The number of esters is 1. The number of hydrogen-bond donors (Lipinski definition) is 0. The van der Waals surface area contributed by atoms with Crippen LogP contribution in [0.4, 0.5) is 5.69 Å². The van der Waals surface area contributed by atoms with Gasteiger partial charge >= 0.3 is 11.7 Å². The van der Waals surface area contributed by atoms with E-state index >= 15 is 0 Å². The highest BCUT2D eigenvalue weighted by atomic mass is 16.6. The van der Waals surface area contributed by atoms with Gasteiger partial charge in [0.25, 0.3) is 11.2 Å². The van der Waals surface area contributed by atoms with Crippen molar-refractivity contribution < 1.29 is 14.5 Å². The monoisotopic (exact) mass is 404 g/mol. The molecule has 0 aliphatic carbocycles. The summed E-state index contributed by atoms with van der Waals surface area (Å²) in [4.78, 5) is 50.5. The minimum absolute atomic E-state index is 0.0294. The van der Waals surface area contributed by atoms with Gasteiger partial charge in [0.15, 0.2) is 0 Å². The first kappa shape index (κ1) is 20.7. The van der Waals surface area contributed by atoms with Gasteiger partial charge in [0.2, 0.25) is 0 Å². The Morgan fingerprint density at radius 1 is 1.14 bits per heavy atom. The van der Waals surface area contributed by atoms with Crippen molar-refractivity contribution >= 4 is 22.6 Å². The smallest absolute Gasteiger partial charge is 0.332 e. The first-order valence-corrected chi connectivity index (χ1v) is 9.72. The van der Waals surface area contributed by atoms with Crippen molar-refractivity contribution in [3.63, 3.8) is 0 Å². The Bertz CT molecular complexity index is 1040. The maximum absolute atomic E-state index is 13.0. The van der Waals surface area contributed by atoms with Crippen LogP contribution in [0.25, 0.3) is 10.9 Å². The zero-order valence-electron chi connectivity index (χ0n) is 16.3. The number of piperidine rings is 1. The molecule has 0 spiro atoms. The summed E-state index contributed by atoms with van der Waals surface area (Å²) in [5.74, 6) is -0.709. The summed E-state index contributed by atoms with van der Waals surface area (Å²) < 4.78 is 7.06. The van der Waals surface area contributed by atoms with Crippen molar-refractivity contribution in [3.8, 4) is 0 Å². The summed E-state index contributed by atoms with van der Waals surface area (Å²) in [6.07, 6.45) is 3.39. The number of aromatic nitrogens is 2. The van der Waals surface area contributed by atoms with Crippen molar-refractivity contribution in [2.24, 2.45) is 0 Å². The molecule has 0 atom stereocenters. The third-order valence-corrected chi connectivity index (χ3v) is 5.10. The van der Waals surface area contributed by atoms with E-state index in [0.717, 1.165) is 36.6 Å². The minimum Gasteiger partial charge on any atom is -0.465 e. The van der Waals surface area contributed by atoms with Crippen LogP contribution >= 0.6 is 0 Å². The van der Waals surface area contributed by atoms with E-state index in [2.05, 4.69) is 4.90 Å². The highest BCUT2D eigenvalue weighted by molar-refractivity contribution is 5.81. The fraction of sp³-hybridized carbons (Fsp3) is 0.526. The molecule has 10 heteroatoms. The first-order valence-electron chi connectivity index (χ1n) is 9.72. The Labute approximate surface area is 166 Å². The van der Waals surface area contributed by atoms with Crippen LogP contribution in [0.1, 0.15) is 26.2 Å². The second-order valence-corrected chi connectivity index (χ2v) is 6.99. The number of ether oxygens (including phenoxy) is 1. The van der Waals surface area contributed by atoms with Gasteiger partial charge < -0.3 is 9.64 Å². The van der Waals surface area contributed by atoms with E-state index < -0.39 is 28.7 Å². The van der Waals surface area contributed by atoms with E-state index in [1.54, 1.807) is 6.92 Å². The molecular formula is C19H24N4O6. The fourth-order valence-corrected chi connectivity index (χ4v) is 3.64. The van der Waals surface area contributed by atoms with Gasteiger partial charge in [0.05, 0.1) is 22.4 Å². The average Bonchev–Trinajstić information content (AvgIpc) is 2.71. The van der Waals surface area contributed by atoms with Crippen molar-refractivity contribution in [2.75, 3.05) is 26.2 Å². The molecular weight excluding hydrogens is 380 g/mol. The van der Waals surface area contributed by atoms with Gasteiger partial charge in [-0.25, -0.2) is 9.36 Å². The Morgan fingerprint density at radius 3 is 2.52 bits per heavy atom. The SMILES string of the molecule is CCOC(=O)Cn1c(=O)c2cc([N+](=O)[O-])ccc2n(CCN2CCCCC2)c1=O. The normalized spacial score (nSPS) is 14.8. The molecule has 2 aromatic rings. The summed E-state index contributed by atoms with van der Waals surface area (Å²) in [5.41, 5.74) is -1.29. The number of nitro groups is 1. The second kappa shape index (κ2) is 8.99. The molecule has 1 aromatic carbocycles. The lowest BCUT2D eigenvalue weighted by Crippen LogP contribution is -2.43. The van der Waals surface area contributed by atoms with Gasteiger partial charge in [0.1, 0.15) is 6.54 Å². The van der Waals surface area contributed by atoms with Crippen LogP contribution in [0.2, 0.25) is 0 Å². The number of carbonyl (C=O) groups is 1. The molecule has 10 nitrogen and oxygen atoms in total. The molecule has 1 saturated heterocycles. The van der Waals surface area contributed by atoms with Crippen LogP contribution in [0.15, 0.2) is 27.8 Å². The molecule has 1 aliphatic rings. The molecule has 0 unspecified atom stereocenters. The van der Waals surface area contributed by atoms with E-state index in [4.69, 9.17) is 4.74 Å². The average molecular weight is 404 g/mol. The number of carbonyl (C=O) groups excluding carboxylic acids is 1. The van der Waals surface area contributed by atoms with Crippen LogP contribution in [0, 0.1) is 10.1 Å². The molecule has 3 rings (SSSR count). The highest BCUT2D eigenvalue weighted by Gasteiger charge is 2.19. The second-order valence-electron chi connectivity index (χ2n) is 6.99. The van der Waals surface area contributed by atoms with Crippen LogP contribution in [-0.2, 0) is 22.6 Å². The largest absolute Gasteiger partial charge is 0.465 e. The predicted octanol–water partition coefficient (Wildman–Crippen LogP) is 1.12.